The molecule has 0 aliphatic carbocycles. The molecular formula is C26H29ClN4O3. The molecule has 178 valence electrons. The van der Waals surface area contributed by atoms with E-state index in [1.165, 1.54) is 6.07 Å². The maximum absolute atomic E-state index is 12.7. The fraction of sp³-hybridized carbons (Fsp3) is 0.308. The summed E-state index contributed by atoms with van der Waals surface area (Å²) in [4.78, 5) is 15.2. The zero-order chi connectivity index (χ0) is 22.6. The van der Waals surface area contributed by atoms with E-state index in [4.69, 9.17) is 9.47 Å². The zero-order valence-electron chi connectivity index (χ0n) is 19.2. The molecule has 0 radical (unpaired) electrons. The van der Waals surface area contributed by atoms with Crippen LogP contribution in [-0.2, 0) is 17.9 Å². The Morgan fingerprint density at radius 1 is 1.06 bits per heavy atom. The molecule has 0 saturated carbocycles. The lowest BCUT2D eigenvalue weighted by Crippen LogP contribution is -2.27. The van der Waals surface area contributed by atoms with Crippen LogP contribution in [0.5, 0.6) is 5.75 Å². The van der Waals surface area contributed by atoms with Crippen LogP contribution in [0, 0.1) is 0 Å². The molecule has 8 heteroatoms. The molecule has 2 aromatic carbocycles. The van der Waals surface area contributed by atoms with Gasteiger partial charge in [-0.05, 0) is 36.2 Å². The number of nitrogens with zero attached hydrogens (tertiary/aromatic N) is 4. The molecular weight excluding hydrogens is 452 g/mol. The molecule has 0 bridgehead atoms. The third-order valence-electron chi connectivity index (χ3n) is 6.23. The number of hydrogen-bond donors (Lipinski definition) is 0. The summed E-state index contributed by atoms with van der Waals surface area (Å²) in [5, 5.41) is 5.59. The van der Waals surface area contributed by atoms with E-state index in [1.807, 2.05) is 65.5 Å². The molecule has 1 aliphatic heterocycles. The van der Waals surface area contributed by atoms with Gasteiger partial charge in [0.25, 0.3) is 5.56 Å². The first-order valence-corrected chi connectivity index (χ1v) is 11.3. The molecule has 0 N–H and O–H groups in total. The highest BCUT2D eigenvalue weighted by Crippen LogP contribution is 2.19. The Morgan fingerprint density at radius 3 is 2.68 bits per heavy atom. The van der Waals surface area contributed by atoms with Crippen molar-refractivity contribution in [3.63, 3.8) is 0 Å². The Morgan fingerprint density at radius 2 is 1.91 bits per heavy atom. The Labute approximate surface area is 204 Å². The van der Waals surface area contributed by atoms with Crippen molar-refractivity contribution >= 4 is 23.3 Å². The summed E-state index contributed by atoms with van der Waals surface area (Å²) in [6.45, 7) is 4.25. The largest absolute Gasteiger partial charge is 0.489 e. The summed E-state index contributed by atoms with van der Waals surface area (Å²) in [5.41, 5.74) is 2.81. The molecule has 2 aromatic heterocycles. The first-order chi connectivity index (χ1) is 16.2. The Hall–Kier alpha value is -3.13. The molecule has 0 unspecified atom stereocenters. The van der Waals surface area contributed by atoms with Crippen LogP contribution in [0.4, 0.5) is 0 Å². The van der Waals surface area contributed by atoms with E-state index in [9.17, 15) is 4.79 Å². The van der Waals surface area contributed by atoms with E-state index < -0.39 is 0 Å². The fourth-order valence-corrected chi connectivity index (χ4v) is 4.34. The van der Waals surface area contributed by atoms with Gasteiger partial charge in [-0.15, -0.1) is 12.4 Å². The maximum Gasteiger partial charge on any atom is 0.258 e. The van der Waals surface area contributed by atoms with Crippen molar-refractivity contribution < 1.29 is 9.47 Å². The number of benzene rings is 2. The molecule has 7 nitrogen and oxygen atoms in total. The van der Waals surface area contributed by atoms with Crippen LogP contribution in [0.2, 0.25) is 0 Å². The van der Waals surface area contributed by atoms with Gasteiger partial charge in [0.15, 0.2) is 0 Å². The van der Waals surface area contributed by atoms with Gasteiger partial charge in [0.05, 0.1) is 24.4 Å². The van der Waals surface area contributed by atoms with Crippen LogP contribution < -0.4 is 10.3 Å². The average molecular weight is 481 g/mol. The van der Waals surface area contributed by atoms with Crippen molar-refractivity contribution in [2.75, 3.05) is 26.7 Å². The zero-order valence-corrected chi connectivity index (χ0v) is 20.0. The number of ether oxygens (including phenoxy) is 2. The van der Waals surface area contributed by atoms with E-state index >= 15 is 0 Å². The minimum absolute atomic E-state index is 0. The molecule has 1 atom stereocenters. The summed E-state index contributed by atoms with van der Waals surface area (Å²) in [6.07, 6.45) is 5.05. The standard InChI is InChI=1S/C26H28N4O3.ClH/c1-32-24-9-11-28(18-24)13-14-30-25-8-7-22(15-21(25)17-27-30)29-12-10-23(16-26(29)31)33-19-20-5-3-2-4-6-20;/h2-8,10,12,15-17,24H,9,11,13-14,18-19H2,1H3;1H/t24-;/m0./s1. The molecule has 3 heterocycles. The smallest absolute Gasteiger partial charge is 0.258 e. The van der Waals surface area contributed by atoms with E-state index in [-0.39, 0.29) is 18.0 Å². The van der Waals surface area contributed by atoms with E-state index in [0.717, 1.165) is 54.8 Å². The van der Waals surface area contributed by atoms with Crippen molar-refractivity contribution in [1.29, 1.82) is 0 Å². The second-order valence-electron chi connectivity index (χ2n) is 8.40. The number of hydrogen-bond acceptors (Lipinski definition) is 5. The van der Waals surface area contributed by atoms with Crippen molar-refractivity contribution in [2.45, 2.75) is 25.7 Å². The number of pyridine rings is 1. The highest BCUT2D eigenvalue weighted by atomic mass is 35.5. The number of fused-ring (bicyclic) bond motifs is 1. The lowest BCUT2D eigenvalue weighted by atomic mass is 10.2. The van der Waals surface area contributed by atoms with Crippen molar-refractivity contribution in [1.82, 2.24) is 19.2 Å². The average Bonchev–Trinajstić information content (AvgIpc) is 3.48. The Bertz CT molecular complexity index is 1290. The van der Waals surface area contributed by atoms with Crippen molar-refractivity contribution in [3.05, 3.63) is 89.0 Å². The summed E-state index contributed by atoms with van der Waals surface area (Å²) in [5.74, 6) is 0.562. The third-order valence-corrected chi connectivity index (χ3v) is 6.23. The Balaban J connectivity index is 0.00000274. The van der Waals surface area contributed by atoms with Crippen molar-refractivity contribution in [3.8, 4) is 11.4 Å². The predicted octanol–water partition coefficient (Wildman–Crippen LogP) is 3.91. The maximum atomic E-state index is 12.7. The number of halogens is 1. The number of rotatable bonds is 8. The summed E-state index contributed by atoms with van der Waals surface area (Å²) >= 11 is 0. The van der Waals surface area contributed by atoms with Gasteiger partial charge < -0.3 is 9.47 Å². The number of aromatic nitrogens is 3. The van der Waals surface area contributed by atoms with Gasteiger partial charge in [-0.1, -0.05) is 30.3 Å². The van der Waals surface area contributed by atoms with Gasteiger partial charge in [0, 0.05) is 50.1 Å². The fourth-order valence-electron chi connectivity index (χ4n) is 4.34. The van der Waals surface area contributed by atoms with Gasteiger partial charge in [-0.2, -0.15) is 5.10 Å². The van der Waals surface area contributed by atoms with Crippen LogP contribution in [0.1, 0.15) is 12.0 Å². The number of methoxy groups -OCH3 is 1. The first-order valence-electron chi connectivity index (χ1n) is 11.3. The molecule has 0 spiro atoms. The molecule has 1 aliphatic rings. The van der Waals surface area contributed by atoms with Gasteiger partial charge in [-0.3, -0.25) is 18.9 Å². The highest BCUT2D eigenvalue weighted by Gasteiger charge is 2.21. The van der Waals surface area contributed by atoms with Crippen molar-refractivity contribution in [2.24, 2.45) is 0 Å². The highest BCUT2D eigenvalue weighted by molar-refractivity contribution is 5.85. The lowest BCUT2D eigenvalue weighted by molar-refractivity contribution is 0.107. The minimum atomic E-state index is -0.131. The van der Waals surface area contributed by atoms with Gasteiger partial charge in [-0.25, -0.2) is 0 Å². The quantitative estimate of drug-likeness (QED) is 0.382. The lowest BCUT2D eigenvalue weighted by Gasteiger charge is -2.15. The van der Waals surface area contributed by atoms with Gasteiger partial charge in [0.1, 0.15) is 12.4 Å². The van der Waals surface area contributed by atoms with E-state index in [1.54, 1.807) is 17.9 Å². The molecule has 0 amide bonds. The minimum Gasteiger partial charge on any atom is -0.489 e. The van der Waals surface area contributed by atoms with Gasteiger partial charge in [0.2, 0.25) is 0 Å². The SMILES string of the molecule is CO[C@H]1CCN(CCn2ncc3cc(-n4ccc(OCc5ccccc5)cc4=O)ccc32)C1.Cl. The summed E-state index contributed by atoms with van der Waals surface area (Å²) in [6, 6.07) is 19.2. The van der Waals surface area contributed by atoms with Crippen LogP contribution >= 0.6 is 12.4 Å². The molecule has 5 rings (SSSR count). The van der Waals surface area contributed by atoms with Crippen LogP contribution in [0.25, 0.3) is 16.6 Å². The van der Waals surface area contributed by atoms with Gasteiger partial charge >= 0.3 is 0 Å². The normalized spacial score (nSPS) is 16.0. The van der Waals surface area contributed by atoms with Crippen LogP contribution in [0.15, 0.2) is 77.9 Å². The number of likely N-dealkylation sites (tertiary alicyclic amines) is 1. The Kier molecular flexibility index (Phi) is 7.67. The van der Waals surface area contributed by atoms with E-state index in [0.29, 0.717) is 18.5 Å². The molecule has 34 heavy (non-hydrogen) atoms. The summed E-state index contributed by atoms with van der Waals surface area (Å²) < 4.78 is 14.9. The monoisotopic (exact) mass is 480 g/mol. The van der Waals surface area contributed by atoms with E-state index in [2.05, 4.69) is 10.00 Å². The summed E-state index contributed by atoms with van der Waals surface area (Å²) in [7, 11) is 1.78. The molecule has 4 aromatic rings. The third kappa shape index (κ3) is 5.33. The molecule has 1 saturated heterocycles. The van der Waals surface area contributed by atoms with Crippen LogP contribution in [-0.4, -0.2) is 52.1 Å². The topological polar surface area (TPSA) is 61.5 Å². The molecule has 1 fully saturated rings. The van der Waals surface area contributed by atoms with Crippen LogP contribution in [0.3, 0.4) is 0 Å². The predicted molar refractivity (Wildman–Crippen MR) is 135 cm³/mol. The second kappa shape index (κ2) is 10.9. The second-order valence-corrected chi connectivity index (χ2v) is 8.40. The first kappa shape index (κ1) is 24.0.